The zero-order valence-electron chi connectivity index (χ0n) is 25.6. The van der Waals surface area contributed by atoms with E-state index in [0.29, 0.717) is 45.3 Å². The largest absolute Gasteiger partial charge is 0.573 e. The molecule has 0 bridgehead atoms. The van der Waals surface area contributed by atoms with Gasteiger partial charge < -0.3 is 24.6 Å². The first-order chi connectivity index (χ1) is 22.9. The van der Waals surface area contributed by atoms with Gasteiger partial charge in [-0.1, -0.05) is 17.7 Å². The number of carbonyl (C=O) groups excluding carboxylic acids is 1. The van der Waals surface area contributed by atoms with Gasteiger partial charge in [0.25, 0.3) is 0 Å². The fourth-order valence-electron chi connectivity index (χ4n) is 5.63. The van der Waals surface area contributed by atoms with Gasteiger partial charge in [0, 0.05) is 40.7 Å². The van der Waals surface area contributed by atoms with E-state index in [9.17, 15) is 27.2 Å². The maximum Gasteiger partial charge on any atom is 0.573 e. The molecule has 3 aromatic carbocycles. The third-order valence-electron chi connectivity index (χ3n) is 7.89. The fraction of sp³-hybridized carbons (Fsp3) is 0.333. The third kappa shape index (κ3) is 8.73. The van der Waals surface area contributed by atoms with Crippen LogP contribution < -0.4 is 19.5 Å². The quantitative estimate of drug-likeness (QED) is 0.0857. The van der Waals surface area contributed by atoms with E-state index < -0.39 is 35.9 Å². The highest BCUT2D eigenvalue weighted by molar-refractivity contribution is 6.30. The van der Waals surface area contributed by atoms with Gasteiger partial charge in [0.05, 0.1) is 19.4 Å². The van der Waals surface area contributed by atoms with E-state index in [0.717, 1.165) is 12.1 Å². The number of benzene rings is 3. The van der Waals surface area contributed by atoms with E-state index in [1.165, 1.54) is 24.4 Å². The topological polar surface area (TPSA) is 125 Å². The average Bonchev–Trinajstić information content (AvgIpc) is 3.50. The Bertz CT molecular complexity index is 1770. The van der Waals surface area contributed by atoms with Crippen LogP contribution in [0.3, 0.4) is 0 Å². The number of nitrogens with zero attached hydrogens (tertiary/aromatic N) is 3. The molecule has 254 valence electrons. The van der Waals surface area contributed by atoms with Gasteiger partial charge in [-0.25, -0.2) is 14.1 Å². The number of hydrogen-bond donors (Lipinski definition) is 2. The van der Waals surface area contributed by atoms with Gasteiger partial charge in [-0.3, -0.25) is 9.59 Å². The molecule has 2 atom stereocenters. The first kappa shape index (κ1) is 34.5. The summed E-state index contributed by atoms with van der Waals surface area (Å²) < 4.78 is 70.0. The number of carboxylic acids is 1. The van der Waals surface area contributed by atoms with Crippen molar-refractivity contribution in [3.63, 3.8) is 0 Å². The van der Waals surface area contributed by atoms with Gasteiger partial charge in [0.2, 0.25) is 0 Å². The number of aryl methyl sites for hydroxylation is 2. The lowest BCUT2D eigenvalue weighted by Crippen LogP contribution is -2.28. The normalized spacial score (nSPS) is 15.2. The molecule has 10 nitrogen and oxygen atoms in total. The smallest absolute Gasteiger partial charge is 0.497 e. The molecule has 0 saturated carbocycles. The number of carboxylic acid groups (broad SMARTS) is 1. The highest BCUT2D eigenvalue weighted by Gasteiger charge is 2.35. The van der Waals surface area contributed by atoms with Crippen LogP contribution in [0.5, 0.6) is 17.2 Å². The number of aliphatic carboxylic acids is 1. The summed E-state index contributed by atoms with van der Waals surface area (Å²) in [6.07, 6.45) is -1.07. The van der Waals surface area contributed by atoms with Crippen LogP contribution in [0.4, 0.5) is 23.2 Å². The molecule has 1 heterocycles. The number of rotatable bonds is 13. The predicted octanol–water partition coefficient (Wildman–Crippen LogP) is 7.13. The van der Waals surface area contributed by atoms with E-state index in [4.69, 9.17) is 26.2 Å². The number of methoxy groups -OCH3 is 1. The SMILES string of the molecule is COc1cc(NC(C(=O)C2CCc3cc(F)c(OC(F)(F)F)cc3CC2)c2ccc(Cl)cc2OCCCC(=O)O)cc(-n2cncn2)c1. The Morgan fingerprint density at radius 2 is 1.83 bits per heavy atom. The van der Waals surface area contributed by atoms with E-state index in [2.05, 4.69) is 20.1 Å². The van der Waals surface area contributed by atoms with Crippen molar-refractivity contribution in [2.75, 3.05) is 19.0 Å². The van der Waals surface area contributed by atoms with Crippen LogP contribution >= 0.6 is 11.6 Å². The lowest BCUT2D eigenvalue weighted by Gasteiger charge is -2.26. The number of carbonyl (C=O) groups is 2. The Morgan fingerprint density at radius 3 is 2.50 bits per heavy atom. The van der Waals surface area contributed by atoms with Gasteiger partial charge in [-0.2, -0.15) is 5.10 Å². The van der Waals surface area contributed by atoms with Gasteiger partial charge in [-0.15, -0.1) is 13.2 Å². The first-order valence-electron chi connectivity index (χ1n) is 15.0. The van der Waals surface area contributed by atoms with Crippen molar-refractivity contribution in [1.82, 2.24) is 14.8 Å². The van der Waals surface area contributed by atoms with Gasteiger partial charge in [0.15, 0.2) is 17.3 Å². The lowest BCUT2D eigenvalue weighted by molar-refractivity contribution is -0.275. The molecule has 0 saturated heterocycles. The molecular formula is C33H31ClF4N4O6. The molecular weight excluding hydrogens is 660 g/mol. The van der Waals surface area contributed by atoms with Crippen LogP contribution in [0.1, 0.15) is 48.4 Å². The monoisotopic (exact) mass is 690 g/mol. The van der Waals surface area contributed by atoms with E-state index in [1.807, 2.05) is 0 Å². The summed E-state index contributed by atoms with van der Waals surface area (Å²) in [5.41, 5.74) is 2.47. The van der Waals surface area contributed by atoms with Crippen molar-refractivity contribution in [1.29, 1.82) is 0 Å². The number of nitrogens with one attached hydrogen (secondary N) is 1. The van der Waals surface area contributed by atoms with Crippen LogP contribution in [0.25, 0.3) is 5.69 Å². The number of fused-ring (bicyclic) bond motifs is 1. The number of alkyl halides is 3. The molecule has 1 aliphatic carbocycles. The Kier molecular flexibility index (Phi) is 10.7. The number of Topliss-reactive ketones (excluding diaryl/α,β-unsaturated/α-hetero) is 1. The number of ether oxygens (including phenoxy) is 3. The molecule has 0 radical (unpaired) electrons. The second kappa shape index (κ2) is 14.9. The van der Waals surface area contributed by atoms with Crippen LogP contribution in [0, 0.1) is 11.7 Å². The van der Waals surface area contributed by atoms with Gasteiger partial charge in [0.1, 0.15) is 30.2 Å². The summed E-state index contributed by atoms with van der Waals surface area (Å²) in [4.78, 5) is 29.6. The summed E-state index contributed by atoms with van der Waals surface area (Å²) in [6, 6.07) is 11.0. The van der Waals surface area contributed by atoms with Crippen molar-refractivity contribution >= 4 is 29.0 Å². The predicted molar refractivity (Wildman–Crippen MR) is 166 cm³/mol. The zero-order chi connectivity index (χ0) is 34.4. The van der Waals surface area contributed by atoms with Crippen molar-refractivity contribution in [2.24, 2.45) is 5.92 Å². The summed E-state index contributed by atoms with van der Waals surface area (Å²) in [5, 5.41) is 16.9. The summed E-state index contributed by atoms with van der Waals surface area (Å²) in [7, 11) is 1.49. The van der Waals surface area contributed by atoms with Gasteiger partial charge >= 0.3 is 12.3 Å². The molecule has 0 spiro atoms. The van der Waals surface area contributed by atoms with E-state index in [-0.39, 0.29) is 50.2 Å². The maximum atomic E-state index is 14.6. The molecule has 1 aromatic heterocycles. The highest BCUT2D eigenvalue weighted by Crippen LogP contribution is 2.38. The molecule has 1 aliphatic rings. The summed E-state index contributed by atoms with van der Waals surface area (Å²) in [6.45, 7) is 0.0444. The minimum absolute atomic E-state index is 0.0444. The number of halogens is 5. The fourth-order valence-corrected chi connectivity index (χ4v) is 5.80. The van der Waals surface area contributed by atoms with Gasteiger partial charge in [-0.05, 0) is 73.6 Å². The van der Waals surface area contributed by atoms with Crippen LogP contribution in [-0.4, -0.2) is 51.7 Å². The number of hydrogen-bond acceptors (Lipinski definition) is 8. The molecule has 4 aromatic rings. The summed E-state index contributed by atoms with van der Waals surface area (Å²) >= 11 is 6.31. The molecule has 15 heteroatoms. The Morgan fingerprint density at radius 1 is 1.08 bits per heavy atom. The second-order valence-electron chi connectivity index (χ2n) is 11.1. The molecule has 0 aliphatic heterocycles. The van der Waals surface area contributed by atoms with Crippen LogP contribution in [-0.2, 0) is 22.4 Å². The van der Waals surface area contributed by atoms with Crippen molar-refractivity contribution in [3.8, 4) is 22.9 Å². The van der Waals surface area contributed by atoms with Crippen molar-refractivity contribution < 1.29 is 46.5 Å². The highest BCUT2D eigenvalue weighted by atomic mass is 35.5. The van der Waals surface area contributed by atoms with E-state index in [1.54, 1.807) is 36.4 Å². The minimum atomic E-state index is -5.06. The summed E-state index contributed by atoms with van der Waals surface area (Å²) in [5.74, 6) is -3.15. The molecule has 0 fully saturated rings. The molecule has 48 heavy (non-hydrogen) atoms. The number of anilines is 1. The third-order valence-corrected chi connectivity index (χ3v) is 8.13. The molecule has 0 amide bonds. The molecule has 5 rings (SSSR count). The lowest BCUT2D eigenvalue weighted by atomic mass is 9.87. The van der Waals surface area contributed by atoms with Crippen LogP contribution in [0.2, 0.25) is 5.02 Å². The Labute approximate surface area is 277 Å². The average molecular weight is 691 g/mol. The van der Waals surface area contributed by atoms with Crippen LogP contribution in [0.15, 0.2) is 61.2 Å². The second-order valence-corrected chi connectivity index (χ2v) is 11.6. The molecule has 2 unspecified atom stereocenters. The zero-order valence-corrected chi connectivity index (χ0v) is 26.4. The Balaban J connectivity index is 1.48. The number of aromatic nitrogens is 3. The molecule has 2 N–H and O–H groups in total. The Hall–Kier alpha value is -4.85. The van der Waals surface area contributed by atoms with E-state index >= 15 is 0 Å². The van der Waals surface area contributed by atoms with Crippen molar-refractivity contribution in [2.45, 2.75) is 50.9 Å². The maximum absolute atomic E-state index is 14.6. The number of ketones is 1. The van der Waals surface area contributed by atoms with Crippen molar-refractivity contribution in [3.05, 3.63) is 88.7 Å². The standard InChI is InChI=1S/C33H31ClF4N4O6/c1-46-25-15-23(14-24(16-25)42-18-39-17-40-42)41-31(26-9-8-22(34)13-28(26)47-10-2-3-30(43)44)32(45)19-4-6-20-11-27(35)29(48-33(36,37)38)12-21(20)7-5-19/h8-9,11-19,31,41H,2-7,10H2,1H3,(H,43,44). The first-order valence-corrected chi connectivity index (χ1v) is 15.3. The minimum Gasteiger partial charge on any atom is -0.497 e.